The first-order chi connectivity index (χ1) is 9.56. The summed E-state index contributed by atoms with van der Waals surface area (Å²) in [6.45, 7) is 1.81. The fourth-order valence-corrected chi connectivity index (χ4v) is 2.57. The monoisotopic (exact) mass is 307 g/mol. The molecule has 0 bridgehead atoms. The second kappa shape index (κ2) is 5.05. The molecule has 1 unspecified atom stereocenters. The van der Waals surface area contributed by atoms with Crippen molar-refractivity contribution in [1.82, 2.24) is 15.0 Å². The van der Waals surface area contributed by atoms with E-state index in [9.17, 15) is 5.11 Å². The summed E-state index contributed by atoms with van der Waals surface area (Å²) >= 11 is 11.8. The lowest BCUT2D eigenvalue weighted by molar-refractivity contribution is 0.220. The van der Waals surface area contributed by atoms with E-state index in [0.717, 1.165) is 5.39 Å². The third-order valence-electron chi connectivity index (χ3n) is 3.21. The van der Waals surface area contributed by atoms with E-state index >= 15 is 0 Å². The topological polar surface area (TPSA) is 61.8 Å². The number of nitrogens with one attached hydrogen (secondary N) is 1. The molecule has 3 rings (SSSR count). The van der Waals surface area contributed by atoms with Crippen molar-refractivity contribution in [2.24, 2.45) is 0 Å². The molecule has 3 aromatic rings. The second-order valence-electron chi connectivity index (χ2n) is 4.50. The summed E-state index contributed by atoms with van der Waals surface area (Å²) in [5.74, 6) is 0. The summed E-state index contributed by atoms with van der Waals surface area (Å²) in [5.41, 5.74) is 2.79. The van der Waals surface area contributed by atoms with Gasteiger partial charge in [-0.3, -0.25) is 0 Å². The third kappa shape index (κ3) is 2.26. The Kier molecular flexibility index (Phi) is 3.38. The normalized spacial score (nSPS) is 12.8. The molecule has 0 saturated carbocycles. The third-order valence-corrected chi connectivity index (χ3v) is 3.63. The summed E-state index contributed by atoms with van der Waals surface area (Å²) in [7, 11) is 0. The minimum atomic E-state index is -0.811. The van der Waals surface area contributed by atoms with E-state index in [1.807, 2.05) is 6.92 Å². The lowest BCUT2D eigenvalue weighted by Gasteiger charge is -2.12. The molecule has 6 heteroatoms. The fraction of sp³-hybridized carbons (Fsp3) is 0.143. The van der Waals surface area contributed by atoms with Crippen LogP contribution in [0.2, 0.25) is 10.2 Å². The Hall–Kier alpha value is -1.62. The molecule has 20 heavy (non-hydrogen) atoms. The first-order valence-electron chi connectivity index (χ1n) is 6.00. The predicted molar refractivity (Wildman–Crippen MR) is 79.1 cm³/mol. The van der Waals surface area contributed by atoms with Gasteiger partial charge < -0.3 is 10.1 Å². The van der Waals surface area contributed by atoms with Crippen LogP contribution in [0.25, 0.3) is 11.0 Å². The van der Waals surface area contributed by atoms with Gasteiger partial charge in [0.1, 0.15) is 16.9 Å². The van der Waals surface area contributed by atoms with Gasteiger partial charge in [0.25, 0.3) is 0 Å². The Balaban J connectivity index is 2.12. The molecule has 0 spiro atoms. The van der Waals surface area contributed by atoms with Gasteiger partial charge in [-0.1, -0.05) is 29.3 Å². The Bertz CT molecular complexity index is 785. The van der Waals surface area contributed by atoms with Gasteiger partial charge in [-0.2, -0.15) is 0 Å². The van der Waals surface area contributed by atoms with Crippen molar-refractivity contribution in [2.45, 2.75) is 13.0 Å². The van der Waals surface area contributed by atoms with Crippen LogP contribution in [0.15, 0.2) is 30.6 Å². The molecule has 2 N–H and O–H groups in total. The molecular formula is C14H11Cl2N3O. The molecular weight excluding hydrogens is 297 g/mol. The van der Waals surface area contributed by atoms with Crippen LogP contribution >= 0.6 is 23.2 Å². The SMILES string of the molecule is Cc1nc(Cl)ccc1C(O)c1c[nH]c2ncc(Cl)cc12. The summed E-state index contributed by atoms with van der Waals surface area (Å²) in [6.07, 6.45) is 2.48. The Labute approximate surface area is 125 Å². The lowest BCUT2D eigenvalue weighted by Crippen LogP contribution is -2.03. The van der Waals surface area contributed by atoms with Gasteiger partial charge in [0.2, 0.25) is 0 Å². The molecule has 0 fully saturated rings. The fourth-order valence-electron chi connectivity index (χ4n) is 2.22. The van der Waals surface area contributed by atoms with E-state index in [2.05, 4.69) is 15.0 Å². The number of halogens is 2. The van der Waals surface area contributed by atoms with Crippen molar-refractivity contribution in [1.29, 1.82) is 0 Å². The molecule has 0 aliphatic heterocycles. The van der Waals surface area contributed by atoms with Crippen LogP contribution in [0.5, 0.6) is 0 Å². The van der Waals surface area contributed by atoms with Crippen LogP contribution in [0, 0.1) is 6.92 Å². The highest BCUT2D eigenvalue weighted by molar-refractivity contribution is 6.31. The molecule has 0 radical (unpaired) electrons. The van der Waals surface area contributed by atoms with Crippen molar-refractivity contribution < 1.29 is 5.11 Å². The molecule has 0 aliphatic rings. The van der Waals surface area contributed by atoms with Crippen molar-refractivity contribution >= 4 is 34.2 Å². The maximum atomic E-state index is 10.6. The van der Waals surface area contributed by atoms with Crippen LogP contribution < -0.4 is 0 Å². The van der Waals surface area contributed by atoms with Gasteiger partial charge in [-0.25, -0.2) is 9.97 Å². The van der Waals surface area contributed by atoms with Crippen LogP contribution in [0.1, 0.15) is 22.9 Å². The summed E-state index contributed by atoms with van der Waals surface area (Å²) < 4.78 is 0. The Morgan fingerprint density at radius 1 is 1.25 bits per heavy atom. The first-order valence-corrected chi connectivity index (χ1v) is 6.75. The summed E-state index contributed by atoms with van der Waals surface area (Å²) in [5, 5.41) is 12.3. The zero-order chi connectivity index (χ0) is 14.3. The summed E-state index contributed by atoms with van der Waals surface area (Å²) in [6, 6.07) is 5.21. The van der Waals surface area contributed by atoms with E-state index in [0.29, 0.717) is 32.6 Å². The maximum Gasteiger partial charge on any atom is 0.137 e. The molecule has 0 saturated heterocycles. The van der Waals surface area contributed by atoms with Crippen molar-refractivity contribution in [3.8, 4) is 0 Å². The number of aliphatic hydroxyl groups is 1. The molecule has 1 atom stereocenters. The smallest absolute Gasteiger partial charge is 0.137 e. The lowest BCUT2D eigenvalue weighted by atomic mass is 10.0. The molecule has 3 heterocycles. The minimum absolute atomic E-state index is 0.405. The van der Waals surface area contributed by atoms with E-state index in [4.69, 9.17) is 23.2 Å². The van der Waals surface area contributed by atoms with Crippen molar-refractivity contribution in [3.05, 3.63) is 57.6 Å². The zero-order valence-corrected chi connectivity index (χ0v) is 12.1. The van der Waals surface area contributed by atoms with Gasteiger partial charge in [-0.05, 0) is 19.1 Å². The molecule has 0 aliphatic carbocycles. The van der Waals surface area contributed by atoms with Gasteiger partial charge in [-0.15, -0.1) is 0 Å². The standard InChI is InChI=1S/C14H11Cl2N3O/c1-7-9(2-3-12(16)19-7)13(20)11-6-18-14-10(11)4-8(15)5-17-14/h2-6,13,20H,1H3,(H,17,18). The van der Waals surface area contributed by atoms with E-state index in [1.54, 1.807) is 30.6 Å². The number of H-pyrrole nitrogens is 1. The highest BCUT2D eigenvalue weighted by Crippen LogP contribution is 2.31. The van der Waals surface area contributed by atoms with Gasteiger partial charge in [0.05, 0.1) is 5.02 Å². The second-order valence-corrected chi connectivity index (χ2v) is 5.33. The van der Waals surface area contributed by atoms with Crippen LogP contribution in [0.4, 0.5) is 0 Å². The number of aryl methyl sites for hydroxylation is 1. The number of hydrogen-bond donors (Lipinski definition) is 2. The van der Waals surface area contributed by atoms with E-state index < -0.39 is 6.10 Å². The van der Waals surface area contributed by atoms with Crippen molar-refractivity contribution in [3.63, 3.8) is 0 Å². The molecule has 0 aromatic carbocycles. The van der Waals surface area contributed by atoms with Gasteiger partial charge >= 0.3 is 0 Å². The van der Waals surface area contributed by atoms with Crippen LogP contribution in [-0.4, -0.2) is 20.1 Å². The van der Waals surface area contributed by atoms with Crippen LogP contribution in [-0.2, 0) is 0 Å². The molecule has 4 nitrogen and oxygen atoms in total. The molecule has 102 valence electrons. The van der Waals surface area contributed by atoms with Crippen LogP contribution in [0.3, 0.4) is 0 Å². The van der Waals surface area contributed by atoms with E-state index in [1.165, 1.54) is 0 Å². The highest BCUT2D eigenvalue weighted by atomic mass is 35.5. The number of hydrogen-bond acceptors (Lipinski definition) is 3. The number of aromatic amines is 1. The quantitative estimate of drug-likeness (QED) is 0.710. The zero-order valence-electron chi connectivity index (χ0n) is 10.6. The largest absolute Gasteiger partial charge is 0.384 e. The average Bonchev–Trinajstić information content (AvgIpc) is 2.81. The molecule has 0 amide bonds. The number of nitrogens with zero attached hydrogens (tertiary/aromatic N) is 2. The Morgan fingerprint density at radius 3 is 2.80 bits per heavy atom. The first kappa shape index (κ1) is 13.4. The number of aromatic nitrogens is 3. The number of fused-ring (bicyclic) bond motifs is 1. The number of rotatable bonds is 2. The van der Waals surface area contributed by atoms with E-state index in [-0.39, 0.29) is 0 Å². The molecule has 3 aromatic heterocycles. The number of aliphatic hydroxyl groups excluding tert-OH is 1. The summed E-state index contributed by atoms with van der Waals surface area (Å²) in [4.78, 5) is 11.4. The van der Waals surface area contributed by atoms with Gasteiger partial charge in [0, 0.05) is 34.6 Å². The number of pyridine rings is 2. The van der Waals surface area contributed by atoms with Gasteiger partial charge in [0.15, 0.2) is 0 Å². The predicted octanol–water partition coefficient (Wildman–Crippen LogP) is 3.65. The Morgan fingerprint density at radius 2 is 2.05 bits per heavy atom. The maximum absolute atomic E-state index is 10.6. The highest BCUT2D eigenvalue weighted by Gasteiger charge is 2.18. The minimum Gasteiger partial charge on any atom is -0.384 e. The average molecular weight is 308 g/mol. The van der Waals surface area contributed by atoms with Crippen molar-refractivity contribution in [2.75, 3.05) is 0 Å².